The third kappa shape index (κ3) is 16.3. The van der Waals surface area contributed by atoms with Gasteiger partial charge in [0.15, 0.2) is 47.4 Å². The molecule has 2 amide bonds. The number of esters is 1. The van der Waals surface area contributed by atoms with Crippen molar-refractivity contribution in [1.82, 2.24) is 39.0 Å². The number of para-hydroxylation sites is 2. The van der Waals surface area contributed by atoms with Gasteiger partial charge in [0.05, 0.1) is 54.8 Å². The van der Waals surface area contributed by atoms with E-state index < -0.39 is 119 Å². The lowest BCUT2D eigenvalue weighted by atomic mass is 10.1. The van der Waals surface area contributed by atoms with Crippen LogP contribution in [-0.2, 0) is 70.5 Å². The zero-order chi connectivity index (χ0) is 66.0. The molecule has 0 bridgehead atoms. The van der Waals surface area contributed by atoms with Gasteiger partial charge in [-0.15, -0.1) is 0 Å². The number of amides is 2. The van der Waals surface area contributed by atoms with E-state index in [9.17, 15) is 48.1 Å². The number of anilines is 2. The number of halogens is 2. The fourth-order valence-electron chi connectivity index (χ4n) is 9.71. The highest BCUT2D eigenvalue weighted by atomic mass is 35.5. The van der Waals surface area contributed by atoms with Crippen molar-refractivity contribution in [2.75, 3.05) is 43.7 Å². The van der Waals surface area contributed by atoms with Crippen LogP contribution in [0.2, 0.25) is 10.0 Å². The van der Waals surface area contributed by atoms with Gasteiger partial charge in [-0.3, -0.25) is 67.3 Å². The molecule has 12 atom stereocenters. The molecule has 0 aliphatic carbocycles. The molecule has 0 saturated carbocycles. The number of nitrogens with zero attached hydrogens (tertiary/aromatic N) is 7. The predicted molar refractivity (Wildman–Crippen MR) is 323 cm³/mol. The lowest BCUT2D eigenvalue weighted by Crippen LogP contribution is -2.49. The Morgan fingerprint density at radius 2 is 1.38 bits per heavy atom. The van der Waals surface area contributed by atoms with Crippen LogP contribution in [0, 0.1) is 23.2 Å². The number of aromatic amines is 2. The molecule has 2 aromatic carbocycles. The summed E-state index contributed by atoms with van der Waals surface area (Å²) in [6.45, 7) is 7.24. The summed E-state index contributed by atoms with van der Waals surface area (Å²) in [7, 11) is -8.23. The third-order valence-corrected chi connectivity index (χ3v) is 18.2. The minimum Gasteiger partial charge on any atom is -0.463 e. The van der Waals surface area contributed by atoms with Gasteiger partial charge in [0, 0.05) is 44.3 Å². The first-order chi connectivity index (χ1) is 44.0. The van der Waals surface area contributed by atoms with E-state index in [1.807, 2.05) is 6.07 Å². The van der Waals surface area contributed by atoms with Crippen molar-refractivity contribution >= 4 is 96.8 Å². The maximum atomic E-state index is 14.4. The largest absolute Gasteiger partial charge is 0.530 e. The number of aliphatic hydroxyl groups is 2. The van der Waals surface area contributed by atoms with Crippen LogP contribution in [0.15, 0.2) is 70.8 Å². The third-order valence-electron chi connectivity index (χ3n) is 14.5. The van der Waals surface area contributed by atoms with Gasteiger partial charge in [-0.2, -0.15) is 15.2 Å². The standard InChI is InChI=1S/C32H38ClN6O12P.C24H29ClN5O9P/c1-18(2)29(42)37-32-36-28-25(30(43)38-32)35-17-39(28)31-27(49-24-10-6-14-45-24)26(22(48-31)16-46-23(41)12-11-19(3)40)51-52(44,47-15-7-13-34)50-21-9-5-4-8-20(21)33;1-12(2)20(32)28-23-27-19-17(21(33)29-23)26-11-30(19)22-18(38-16-8-5-9-36-16)24(34,15(10-31)37-22)40(35)39-14-7-4-3-6-13(14)25/h4-5,8-9,17-18,22,24,26-27,31H,6-7,10-12,14-16H2,1-3H3,(H2,36,37,38,42,43);3-4,6-7,11-12,15-16,18,22,31,34,40H,5,8-10H2,1-2H3,(H2,27,28,29,32,33)/t22-,24?,26-,27-,31-,52?;15-,16?,18+,22-,24+/m11/s1. The van der Waals surface area contributed by atoms with E-state index in [-0.39, 0.29) is 99.2 Å². The van der Waals surface area contributed by atoms with Crippen molar-refractivity contribution in [1.29, 1.82) is 5.26 Å². The monoisotopic (exact) mass is 1360 g/mol. The van der Waals surface area contributed by atoms with Gasteiger partial charge in [0.25, 0.3) is 19.1 Å². The van der Waals surface area contributed by atoms with E-state index >= 15 is 0 Å². The Labute approximate surface area is 534 Å². The second kappa shape index (κ2) is 30.8. The molecule has 4 unspecified atom stereocenters. The molecule has 0 spiro atoms. The molecule has 4 aliphatic heterocycles. The molecular formula is C56H67Cl2N11O21P2. The van der Waals surface area contributed by atoms with Crippen molar-refractivity contribution < 1.29 is 89.8 Å². The molecule has 4 saturated heterocycles. The second-order valence-corrected chi connectivity index (χ2v) is 25.8. The molecule has 10 rings (SSSR count). The Morgan fingerprint density at radius 3 is 1.90 bits per heavy atom. The number of phosphoric ester groups is 1. The normalized spacial score (nSPS) is 24.7. The Kier molecular flexibility index (Phi) is 23.2. The number of benzene rings is 2. The first-order valence-electron chi connectivity index (χ1n) is 29.1. The Balaban J connectivity index is 0.000000225. The van der Waals surface area contributed by atoms with Crippen LogP contribution in [0.25, 0.3) is 22.3 Å². The number of carbonyl (C=O) groups is 4. The van der Waals surface area contributed by atoms with Gasteiger partial charge < -0.3 is 57.2 Å². The van der Waals surface area contributed by atoms with Crippen molar-refractivity contribution in [2.24, 2.45) is 11.8 Å². The minimum atomic E-state index is -4.70. The molecule has 32 nitrogen and oxygen atoms in total. The SMILES string of the molecule is CC(=O)CCC(=O)OC[C@H]1O[C@@H](n2cnc3c(=O)[nH]c(NC(=O)C(C)C)nc32)[C@H](OC2CCCO2)[C@@H]1OP(=O)(OCCC#N)Oc1ccccc1Cl.CC(C)C(=O)Nc1nc2c(ncn2[C@@H]2O[C@H](CO)[C@](O)([PH](=O)Oc3ccccc3Cl)[C@H]2OC2CCCO2)c(=O)[nH]1. The average molecular weight is 1360 g/mol. The van der Waals surface area contributed by atoms with Crippen LogP contribution in [0.3, 0.4) is 0 Å². The van der Waals surface area contributed by atoms with E-state index in [0.29, 0.717) is 38.9 Å². The highest BCUT2D eigenvalue weighted by Gasteiger charge is 2.63. The van der Waals surface area contributed by atoms with Gasteiger partial charge in [0.1, 0.15) is 54.4 Å². The molecule has 92 heavy (non-hydrogen) atoms. The maximum Gasteiger partial charge on any atom is 0.530 e. The van der Waals surface area contributed by atoms with E-state index in [1.165, 1.54) is 53.0 Å². The highest BCUT2D eigenvalue weighted by Crippen LogP contribution is 2.56. The van der Waals surface area contributed by atoms with Gasteiger partial charge >= 0.3 is 13.8 Å². The molecule has 0 radical (unpaired) electrons. The number of H-pyrrole nitrogens is 2. The highest BCUT2D eigenvalue weighted by molar-refractivity contribution is 7.49. The van der Waals surface area contributed by atoms with Crippen LogP contribution in [0.5, 0.6) is 11.5 Å². The van der Waals surface area contributed by atoms with Crippen LogP contribution < -0.4 is 30.8 Å². The number of imidazole rings is 2. The number of carbonyl (C=O) groups excluding carboxylic acids is 4. The number of rotatable bonds is 26. The van der Waals surface area contributed by atoms with Crippen LogP contribution in [-0.4, -0.2) is 154 Å². The smallest absolute Gasteiger partial charge is 0.463 e. The molecular weight excluding hydrogens is 1300 g/mol. The number of nitriles is 1. The number of phosphoric acid groups is 1. The molecule has 6 N–H and O–H groups in total. The predicted octanol–water partition coefficient (Wildman–Crippen LogP) is 6.22. The summed E-state index contributed by atoms with van der Waals surface area (Å²) in [5.74, 6) is -2.80. The summed E-state index contributed by atoms with van der Waals surface area (Å²) in [5.41, 5.74) is -1.52. The Morgan fingerprint density at radius 1 is 0.826 bits per heavy atom. The van der Waals surface area contributed by atoms with Gasteiger partial charge in [-0.05, 0) is 44.0 Å². The van der Waals surface area contributed by atoms with E-state index in [0.717, 1.165) is 0 Å². The number of Topliss-reactive ketones (excluding diaryl/α,β-unsaturated/α-hetero) is 1. The van der Waals surface area contributed by atoms with Crippen LogP contribution in [0.4, 0.5) is 11.9 Å². The van der Waals surface area contributed by atoms with Crippen LogP contribution in [0.1, 0.15) is 92.0 Å². The average Bonchev–Trinajstić information content (AvgIpc) is 1.58. The number of nitrogens with one attached hydrogen (secondary N) is 4. The van der Waals surface area contributed by atoms with Gasteiger partial charge in [0.2, 0.25) is 29.1 Å². The molecule has 8 heterocycles. The minimum absolute atomic E-state index is 0.0126. The second-order valence-electron chi connectivity index (χ2n) is 21.9. The summed E-state index contributed by atoms with van der Waals surface area (Å²) in [6, 6.07) is 14.3. The summed E-state index contributed by atoms with van der Waals surface area (Å²) in [4.78, 5) is 96.7. The van der Waals surface area contributed by atoms with Crippen LogP contribution >= 0.6 is 39.1 Å². The number of hydrogen-bond donors (Lipinski definition) is 6. The van der Waals surface area contributed by atoms with E-state index in [1.54, 1.807) is 52.0 Å². The topological polar surface area (TPSA) is 419 Å². The summed E-state index contributed by atoms with van der Waals surface area (Å²) in [6.07, 6.45) is -6.50. The quantitative estimate of drug-likeness (QED) is 0.0199. The number of ketones is 1. The zero-order valence-corrected chi connectivity index (χ0v) is 53.5. The first-order valence-corrected chi connectivity index (χ1v) is 32.6. The van der Waals surface area contributed by atoms with Gasteiger partial charge in [-0.25, -0.2) is 14.5 Å². The van der Waals surface area contributed by atoms with E-state index in [4.69, 9.17) is 79.7 Å². The fourth-order valence-corrected chi connectivity index (χ4v) is 13.0. The molecule has 496 valence electrons. The molecule has 6 aromatic rings. The number of aromatic nitrogens is 8. The molecule has 4 fully saturated rings. The lowest BCUT2D eigenvalue weighted by Gasteiger charge is -2.33. The number of aliphatic hydroxyl groups excluding tert-OH is 1. The molecule has 4 aliphatic rings. The van der Waals surface area contributed by atoms with Crippen molar-refractivity contribution in [3.05, 3.63) is 91.9 Å². The first kappa shape index (κ1) is 69.3. The summed E-state index contributed by atoms with van der Waals surface area (Å²) >= 11 is 12.5. The summed E-state index contributed by atoms with van der Waals surface area (Å²) < 4.78 is 95.6. The zero-order valence-electron chi connectivity index (χ0n) is 50.1. The molecule has 36 heteroatoms. The van der Waals surface area contributed by atoms with Gasteiger partial charge in [-0.1, -0.05) is 75.2 Å². The number of ether oxygens (including phenoxy) is 7. The number of hydrogen-bond acceptors (Lipinski definition) is 26. The lowest BCUT2D eigenvalue weighted by molar-refractivity contribution is -0.188. The Hall–Kier alpha value is -7.05. The summed E-state index contributed by atoms with van der Waals surface area (Å²) in [5, 5.41) is 34.3. The number of fused-ring (bicyclic) bond motifs is 2. The maximum absolute atomic E-state index is 14.4. The van der Waals surface area contributed by atoms with Crippen molar-refractivity contribution in [3.8, 4) is 17.6 Å². The van der Waals surface area contributed by atoms with Crippen molar-refractivity contribution in [3.63, 3.8) is 0 Å². The fraction of sp³-hybridized carbons (Fsp3) is 0.518. The van der Waals surface area contributed by atoms with E-state index in [2.05, 4.69) is 40.5 Å². The Bertz CT molecular complexity index is 3870. The van der Waals surface area contributed by atoms with Crippen molar-refractivity contribution in [2.45, 2.75) is 140 Å². The molecule has 4 aromatic heterocycles.